The van der Waals surface area contributed by atoms with E-state index in [-0.39, 0.29) is 11.4 Å². The number of hydrogen-bond donors (Lipinski definition) is 1. The number of aromatic amines is 1. The molecule has 0 bridgehead atoms. The number of nitrogens with zero attached hydrogens (tertiary/aromatic N) is 4. The lowest BCUT2D eigenvalue weighted by Gasteiger charge is -2.21. The fraction of sp³-hybridized carbons (Fsp3) is 0.273. The highest BCUT2D eigenvalue weighted by Crippen LogP contribution is 2.26. The maximum absolute atomic E-state index is 13.6. The summed E-state index contributed by atoms with van der Waals surface area (Å²) in [6, 6.07) is 14.1. The Labute approximate surface area is 167 Å². The number of hydrogen-bond acceptors (Lipinski definition) is 4. The number of aromatic nitrogens is 3. The van der Waals surface area contributed by atoms with Crippen molar-refractivity contribution in [3.05, 3.63) is 64.7 Å². The van der Waals surface area contributed by atoms with Crippen LogP contribution in [0, 0.1) is 5.82 Å². The molecule has 29 heavy (non-hydrogen) atoms. The summed E-state index contributed by atoms with van der Waals surface area (Å²) >= 11 is 0. The fourth-order valence-corrected chi connectivity index (χ4v) is 4.12. The number of rotatable bonds is 3. The molecule has 2 aromatic heterocycles. The number of anilines is 1. The van der Waals surface area contributed by atoms with Crippen molar-refractivity contribution in [3.8, 4) is 5.95 Å². The van der Waals surface area contributed by atoms with Crippen molar-refractivity contribution in [1.82, 2.24) is 19.4 Å². The highest BCUT2D eigenvalue weighted by molar-refractivity contribution is 5.83. The van der Waals surface area contributed by atoms with E-state index in [4.69, 9.17) is 0 Å². The number of pyridine rings is 1. The molecule has 6 nitrogen and oxygen atoms in total. The fourth-order valence-electron chi connectivity index (χ4n) is 4.12. The molecule has 1 aliphatic heterocycles. The molecule has 1 aliphatic rings. The van der Waals surface area contributed by atoms with Gasteiger partial charge in [0, 0.05) is 36.3 Å². The lowest BCUT2D eigenvalue weighted by atomic mass is 10.2. The molecule has 4 aromatic rings. The van der Waals surface area contributed by atoms with Gasteiger partial charge in [-0.2, -0.15) is 0 Å². The quantitative estimate of drug-likeness (QED) is 0.583. The number of likely N-dealkylation sites (N-methyl/N-ethyl adjacent to an activating group) is 1. The molecule has 1 atom stereocenters. The second kappa shape index (κ2) is 6.70. The number of imidazole rings is 1. The van der Waals surface area contributed by atoms with Gasteiger partial charge in [-0.15, -0.1) is 0 Å². The highest BCUT2D eigenvalue weighted by atomic mass is 19.1. The first-order chi connectivity index (χ1) is 14.0. The Morgan fingerprint density at radius 1 is 1.14 bits per heavy atom. The van der Waals surface area contributed by atoms with Gasteiger partial charge in [-0.05, 0) is 63.0 Å². The van der Waals surface area contributed by atoms with Crippen LogP contribution in [0.5, 0.6) is 0 Å². The summed E-state index contributed by atoms with van der Waals surface area (Å²) in [6.45, 7) is 2.01. The minimum atomic E-state index is -0.335. The van der Waals surface area contributed by atoms with E-state index in [1.54, 1.807) is 12.1 Å². The van der Waals surface area contributed by atoms with Crippen LogP contribution < -0.4 is 10.5 Å². The molecule has 1 fully saturated rings. The largest absolute Gasteiger partial charge is 0.370 e. The molecule has 1 N–H and O–H groups in total. The molecule has 0 aliphatic carbocycles. The Balaban J connectivity index is 1.57. The Hall–Kier alpha value is -3.19. The highest BCUT2D eigenvalue weighted by Gasteiger charge is 2.24. The van der Waals surface area contributed by atoms with Crippen molar-refractivity contribution < 1.29 is 4.39 Å². The molecule has 1 saturated heterocycles. The van der Waals surface area contributed by atoms with Crippen LogP contribution in [0.3, 0.4) is 0 Å². The summed E-state index contributed by atoms with van der Waals surface area (Å²) in [5, 5.41) is 0.650. The van der Waals surface area contributed by atoms with Gasteiger partial charge >= 0.3 is 0 Å². The summed E-state index contributed by atoms with van der Waals surface area (Å²) in [7, 11) is 4.23. The summed E-state index contributed by atoms with van der Waals surface area (Å²) in [6.07, 6.45) is 1.14. The zero-order valence-corrected chi connectivity index (χ0v) is 16.4. The molecule has 0 amide bonds. The first-order valence-corrected chi connectivity index (χ1v) is 9.72. The molecular formula is C22H22FN5O. The van der Waals surface area contributed by atoms with Crippen LogP contribution in [-0.4, -0.2) is 52.7 Å². The molecule has 0 radical (unpaired) electrons. The van der Waals surface area contributed by atoms with E-state index < -0.39 is 0 Å². The summed E-state index contributed by atoms with van der Waals surface area (Å²) in [4.78, 5) is 25.1. The lowest BCUT2D eigenvalue weighted by Crippen LogP contribution is -2.31. The standard InChI is InChI=1S/C22H22FN5O/c1-26(2)17-9-10-27(13-17)16-5-6-18-19(12-16)25-22(24-18)28-20-7-4-15(23)11-14(20)3-8-21(28)29/h3-8,11-12,17H,9-10,13H2,1-2H3,(H,24,25). The van der Waals surface area contributed by atoms with Crippen molar-refractivity contribution in [2.24, 2.45) is 0 Å². The van der Waals surface area contributed by atoms with Crippen LogP contribution >= 0.6 is 0 Å². The van der Waals surface area contributed by atoms with Crippen molar-refractivity contribution in [1.29, 1.82) is 0 Å². The molecule has 0 saturated carbocycles. The number of fused-ring (bicyclic) bond motifs is 2. The Morgan fingerprint density at radius 3 is 2.79 bits per heavy atom. The number of benzene rings is 2. The van der Waals surface area contributed by atoms with Crippen molar-refractivity contribution in [2.75, 3.05) is 32.1 Å². The van der Waals surface area contributed by atoms with Crippen LogP contribution in [0.1, 0.15) is 6.42 Å². The van der Waals surface area contributed by atoms with Crippen LogP contribution in [0.2, 0.25) is 0 Å². The maximum atomic E-state index is 13.6. The van der Waals surface area contributed by atoms with Crippen LogP contribution in [0.25, 0.3) is 27.9 Å². The van der Waals surface area contributed by atoms with Gasteiger partial charge in [0.25, 0.3) is 5.56 Å². The van der Waals surface area contributed by atoms with Crippen molar-refractivity contribution >= 4 is 27.6 Å². The minimum Gasteiger partial charge on any atom is -0.370 e. The monoisotopic (exact) mass is 391 g/mol. The molecule has 5 rings (SSSR count). The summed E-state index contributed by atoms with van der Waals surface area (Å²) < 4.78 is 15.1. The third-order valence-corrected chi connectivity index (χ3v) is 5.78. The Kier molecular flexibility index (Phi) is 4.13. The molecule has 148 valence electrons. The zero-order valence-electron chi connectivity index (χ0n) is 16.4. The molecule has 2 aromatic carbocycles. The van der Waals surface area contributed by atoms with Crippen LogP contribution in [0.4, 0.5) is 10.1 Å². The van der Waals surface area contributed by atoms with Crippen LogP contribution in [-0.2, 0) is 0 Å². The predicted molar refractivity (Wildman–Crippen MR) is 113 cm³/mol. The van der Waals surface area contributed by atoms with E-state index in [0.29, 0.717) is 22.9 Å². The number of halogens is 1. The van der Waals surface area contributed by atoms with Gasteiger partial charge in [-0.25, -0.2) is 13.9 Å². The average Bonchev–Trinajstić information content (AvgIpc) is 3.34. The zero-order chi connectivity index (χ0) is 20.1. The van der Waals surface area contributed by atoms with E-state index in [9.17, 15) is 9.18 Å². The van der Waals surface area contributed by atoms with E-state index in [2.05, 4.69) is 46.0 Å². The predicted octanol–water partition coefficient (Wildman–Crippen LogP) is 3.15. The number of H-pyrrole nitrogens is 1. The molecule has 0 spiro atoms. The third-order valence-electron chi connectivity index (χ3n) is 5.78. The van der Waals surface area contributed by atoms with E-state index in [0.717, 1.165) is 36.2 Å². The van der Waals surface area contributed by atoms with Gasteiger partial charge in [0.05, 0.1) is 16.6 Å². The molecule has 1 unspecified atom stereocenters. The summed E-state index contributed by atoms with van der Waals surface area (Å²) in [5.41, 5.74) is 3.21. The van der Waals surface area contributed by atoms with E-state index >= 15 is 0 Å². The molecular weight excluding hydrogens is 369 g/mol. The average molecular weight is 391 g/mol. The minimum absolute atomic E-state index is 0.211. The smallest absolute Gasteiger partial charge is 0.257 e. The number of nitrogens with one attached hydrogen (secondary N) is 1. The second-order valence-electron chi connectivity index (χ2n) is 7.82. The topological polar surface area (TPSA) is 57.2 Å². The third kappa shape index (κ3) is 3.07. The van der Waals surface area contributed by atoms with Gasteiger partial charge < -0.3 is 14.8 Å². The Morgan fingerprint density at radius 2 is 2.00 bits per heavy atom. The van der Waals surface area contributed by atoms with Gasteiger partial charge in [0.2, 0.25) is 5.95 Å². The first kappa shape index (κ1) is 17.9. The SMILES string of the molecule is CN(C)C1CCN(c2ccc3nc(-n4c(=O)ccc5cc(F)ccc54)[nH]c3c2)C1. The van der Waals surface area contributed by atoms with Gasteiger partial charge in [0.15, 0.2) is 0 Å². The normalized spacial score (nSPS) is 17.1. The van der Waals surface area contributed by atoms with E-state index in [1.807, 2.05) is 6.07 Å². The van der Waals surface area contributed by atoms with Crippen molar-refractivity contribution in [2.45, 2.75) is 12.5 Å². The van der Waals surface area contributed by atoms with Gasteiger partial charge in [-0.1, -0.05) is 0 Å². The first-order valence-electron chi connectivity index (χ1n) is 9.72. The molecule has 7 heteroatoms. The van der Waals surface area contributed by atoms with Gasteiger partial charge in [-0.3, -0.25) is 4.79 Å². The van der Waals surface area contributed by atoms with Crippen molar-refractivity contribution in [3.63, 3.8) is 0 Å². The Bertz CT molecular complexity index is 1280. The maximum Gasteiger partial charge on any atom is 0.257 e. The lowest BCUT2D eigenvalue weighted by molar-refractivity contribution is 0.315. The van der Waals surface area contributed by atoms with E-state index in [1.165, 1.54) is 22.8 Å². The van der Waals surface area contributed by atoms with Gasteiger partial charge in [0.1, 0.15) is 5.82 Å². The molecule has 3 heterocycles. The summed E-state index contributed by atoms with van der Waals surface area (Å²) in [5.74, 6) is 0.102. The second-order valence-corrected chi connectivity index (χ2v) is 7.82. The van der Waals surface area contributed by atoms with Crippen LogP contribution in [0.15, 0.2) is 53.3 Å².